The van der Waals surface area contributed by atoms with E-state index in [0.717, 1.165) is 18.2 Å². The van der Waals surface area contributed by atoms with E-state index >= 15 is 0 Å². The number of benzene rings is 1. The Bertz CT molecular complexity index is 877. The quantitative estimate of drug-likeness (QED) is 0.870. The van der Waals surface area contributed by atoms with Gasteiger partial charge in [0.15, 0.2) is 0 Å². The smallest absolute Gasteiger partial charge is 0.257 e. The Morgan fingerprint density at radius 1 is 1.17 bits per heavy atom. The van der Waals surface area contributed by atoms with E-state index in [4.69, 9.17) is 0 Å². The van der Waals surface area contributed by atoms with Crippen LogP contribution in [0.2, 0.25) is 0 Å². The molecule has 4 rings (SSSR count). The van der Waals surface area contributed by atoms with Gasteiger partial charge in [0.1, 0.15) is 11.6 Å². The van der Waals surface area contributed by atoms with Crippen LogP contribution >= 0.6 is 0 Å². The lowest BCUT2D eigenvalue weighted by Gasteiger charge is -2.42. The van der Waals surface area contributed by atoms with Crippen molar-refractivity contribution < 1.29 is 14.3 Å². The van der Waals surface area contributed by atoms with Gasteiger partial charge < -0.3 is 14.6 Å². The highest BCUT2D eigenvalue weighted by atomic mass is 19.1. The highest BCUT2D eigenvalue weighted by Gasteiger charge is 2.36. The van der Waals surface area contributed by atoms with Crippen LogP contribution in [0.25, 0.3) is 0 Å². The molecule has 2 aliphatic rings. The molecular formula is C18H17FN2O3. The predicted octanol–water partition coefficient (Wildman–Crippen LogP) is 1.95. The van der Waals surface area contributed by atoms with Gasteiger partial charge in [-0.15, -0.1) is 0 Å². The fourth-order valence-corrected chi connectivity index (χ4v) is 3.92. The zero-order valence-electron chi connectivity index (χ0n) is 13.0. The summed E-state index contributed by atoms with van der Waals surface area (Å²) in [6, 6.07) is 8.69. The topological polar surface area (TPSA) is 62.5 Å². The Labute approximate surface area is 138 Å². The van der Waals surface area contributed by atoms with Crippen LogP contribution in [0.5, 0.6) is 5.75 Å². The number of piperidine rings is 1. The van der Waals surface area contributed by atoms with Crippen molar-refractivity contribution in [2.75, 3.05) is 13.1 Å². The molecule has 124 valence electrons. The molecule has 2 atom stereocenters. The Morgan fingerprint density at radius 3 is 2.79 bits per heavy atom. The van der Waals surface area contributed by atoms with Crippen molar-refractivity contribution in [1.29, 1.82) is 0 Å². The van der Waals surface area contributed by atoms with Crippen molar-refractivity contribution in [3.8, 4) is 5.75 Å². The highest BCUT2D eigenvalue weighted by Crippen LogP contribution is 2.36. The molecule has 1 N–H and O–H groups in total. The Hall–Kier alpha value is -2.63. The largest absolute Gasteiger partial charge is 0.507 e. The van der Waals surface area contributed by atoms with E-state index in [2.05, 4.69) is 0 Å². The minimum absolute atomic E-state index is 0.00171. The summed E-state index contributed by atoms with van der Waals surface area (Å²) in [7, 11) is 0. The van der Waals surface area contributed by atoms with Gasteiger partial charge in [0.05, 0.1) is 5.56 Å². The zero-order valence-corrected chi connectivity index (χ0v) is 13.0. The molecule has 0 aliphatic carbocycles. The van der Waals surface area contributed by atoms with Crippen molar-refractivity contribution in [2.45, 2.75) is 18.9 Å². The van der Waals surface area contributed by atoms with Crippen molar-refractivity contribution in [1.82, 2.24) is 9.47 Å². The molecule has 0 spiro atoms. The van der Waals surface area contributed by atoms with E-state index in [0.29, 0.717) is 19.6 Å². The minimum atomic E-state index is -0.576. The van der Waals surface area contributed by atoms with Crippen molar-refractivity contribution in [3.63, 3.8) is 0 Å². The summed E-state index contributed by atoms with van der Waals surface area (Å²) < 4.78 is 14.9. The molecule has 2 aliphatic heterocycles. The number of halogens is 1. The van der Waals surface area contributed by atoms with Gasteiger partial charge in [0.2, 0.25) is 0 Å². The van der Waals surface area contributed by atoms with E-state index in [9.17, 15) is 19.1 Å². The molecular weight excluding hydrogens is 311 g/mol. The van der Waals surface area contributed by atoms with E-state index in [1.807, 2.05) is 6.07 Å². The van der Waals surface area contributed by atoms with Crippen LogP contribution in [0, 0.1) is 11.7 Å². The van der Waals surface area contributed by atoms with E-state index < -0.39 is 5.82 Å². The number of aromatic nitrogens is 1. The number of carbonyl (C=O) groups excluding carboxylic acids is 1. The number of carbonyl (C=O) groups is 1. The summed E-state index contributed by atoms with van der Waals surface area (Å²) in [4.78, 5) is 26.4. The molecule has 2 aromatic rings. The lowest BCUT2D eigenvalue weighted by atomic mass is 9.83. The molecule has 0 saturated carbocycles. The molecule has 2 bridgehead atoms. The SMILES string of the molecule is O=C(c1ccc(F)cc1O)N1C[C@@H]2C[C@H](C1)c1cccc(=O)n1C2. The van der Waals surface area contributed by atoms with Crippen molar-refractivity contribution >= 4 is 5.91 Å². The number of nitrogens with zero attached hydrogens (tertiary/aromatic N) is 2. The molecule has 5 nitrogen and oxygen atoms in total. The molecule has 3 heterocycles. The van der Waals surface area contributed by atoms with Gasteiger partial charge in [0.25, 0.3) is 11.5 Å². The van der Waals surface area contributed by atoms with Crippen LogP contribution in [0.15, 0.2) is 41.2 Å². The number of likely N-dealkylation sites (tertiary alicyclic amines) is 1. The summed E-state index contributed by atoms with van der Waals surface area (Å²) >= 11 is 0. The molecule has 0 radical (unpaired) electrons. The standard InChI is InChI=1S/C18H17FN2O3/c19-13-4-5-14(16(22)7-13)18(24)20-8-11-6-12(10-20)15-2-1-3-17(23)21(15)9-11/h1-5,7,11-12,22H,6,8-10H2/t11-,12+/m0/s1. The molecule has 1 aromatic heterocycles. The van der Waals surface area contributed by atoms with Gasteiger partial charge >= 0.3 is 0 Å². The number of amides is 1. The number of aromatic hydroxyl groups is 1. The first-order chi connectivity index (χ1) is 11.5. The van der Waals surface area contributed by atoms with Crippen LogP contribution in [-0.2, 0) is 6.54 Å². The minimum Gasteiger partial charge on any atom is -0.507 e. The monoisotopic (exact) mass is 328 g/mol. The maximum atomic E-state index is 13.1. The third-order valence-corrected chi connectivity index (χ3v) is 4.96. The van der Waals surface area contributed by atoms with Crippen molar-refractivity contribution in [3.05, 3.63) is 63.8 Å². The highest BCUT2D eigenvalue weighted by molar-refractivity contribution is 5.96. The summed E-state index contributed by atoms with van der Waals surface area (Å²) in [6.45, 7) is 1.63. The summed E-state index contributed by atoms with van der Waals surface area (Å²) in [5.74, 6) is -0.894. The van der Waals surface area contributed by atoms with Gasteiger partial charge in [-0.3, -0.25) is 9.59 Å². The van der Waals surface area contributed by atoms with Crippen LogP contribution in [-0.4, -0.2) is 33.6 Å². The van der Waals surface area contributed by atoms with Gasteiger partial charge in [-0.05, 0) is 30.5 Å². The molecule has 6 heteroatoms. The van der Waals surface area contributed by atoms with Gasteiger partial charge in [-0.1, -0.05) is 6.07 Å². The first-order valence-electron chi connectivity index (χ1n) is 8.00. The van der Waals surface area contributed by atoms with Crippen LogP contribution < -0.4 is 5.56 Å². The molecule has 24 heavy (non-hydrogen) atoms. The maximum absolute atomic E-state index is 13.1. The van der Waals surface area contributed by atoms with E-state index in [-0.39, 0.29) is 34.6 Å². The average Bonchev–Trinajstić information content (AvgIpc) is 2.55. The Kier molecular flexibility index (Phi) is 3.40. The second-order valence-corrected chi connectivity index (χ2v) is 6.57. The van der Waals surface area contributed by atoms with Crippen molar-refractivity contribution in [2.24, 2.45) is 5.92 Å². The molecule has 1 fully saturated rings. The fourth-order valence-electron chi connectivity index (χ4n) is 3.92. The summed E-state index contributed by atoms with van der Waals surface area (Å²) in [5, 5.41) is 9.86. The number of phenols is 1. The van der Waals surface area contributed by atoms with Gasteiger partial charge in [0, 0.05) is 43.4 Å². The lowest BCUT2D eigenvalue weighted by molar-refractivity contribution is 0.0591. The number of pyridine rings is 1. The second kappa shape index (κ2) is 5.47. The van der Waals surface area contributed by atoms with Crippen LogP contribution in [0.4, 0.5) is 4.39 Å². The third-order valence-electron chi connectivity index (χ3n) is 4.96. The van der Waals surface area contributed by atoms with Gasteiger partial charge in [-0.25, -0.2) is 4.39 Å². The molecule has 1 aromatic carbocycles. The Morgan fingerprint density at radius 2 is 2.00 bits per heavy atom. The first-order valence-corrected chi connectivity index (χ1v) is 8.00. The predicted molar refractivity (Wildman–Crippen MR) is 85.5 cm³/mol. The average molecular weight is 328 g/mol. The fraction of sp³-hybridized carbons (Fsp3) is 0.333. The number of rotatable bonds is 1. The number of fused-ring (bicyclic) bond motifs is 4. The van der Waals surface area contributed by atoms with E-state index in [1.165, 1.54) is 12.1 Å². The second-order valence-electron chi connectivity index (χ2n) is 6.57. The molecule has 1 saturated heterocycles. The lowest BCUT2D eigenvalue weighted by Crippen LogP contribution is -2.49. The van der Waals surface area contributed by atoms with E-state index in [1.54, 1.807) is 21.6 Å². The van der Waals surface area contributed by atoms with Crippen LogP contribution in [0.1, 0.15) is 28.4 Å². The summed E-state index contributed by atoms with van der Waals surface area (Å²) in [6.07, 6.45) is 0.947. The molecule has 0 unspecified atom stereocenters. The Balaban J connectivity index is 1.64. The van der Waals surface area contributed by atoms with Gasteiger partial charge in [-0.2, -0.15) is 0 Å². The maximum Gasteiger partial charge on any atom is 0.257 e. The summed E-state index contributed by atoms with van der Waals surface area (Å²) in [5.41, 5.74) is 1.07. The normalized spacial score (nSPS) is 22.1. The first kappa shape index (κ1) is 14.9. The van der Waals surface area contributed by atoms with Crippen LogP contribution in [0.3, 0.4) is 0 Å². The number of phenolic OH excluding ortho intramolecular Hbond substituents is 1. The molecule has 1 amide bonds. The number of hydrogen-bond acceptors (Lipinski definition) is 3. The third kappa shape index (κ3) is 2.38. The number of hydrogen-bond donors (Lipinski definition) is 1. The zero-order chi connectivity index (χ0) is 16.8.